The summed E-state index contributed by atoms with van der Waals surface area (Å²) in [5.74, 6) is 0.810. The zero-order valence-corrected chi connectivity index (χ0v) is 25.6. The molecular weight excluding hydrogens is 576 g/mol. The van der Waals surface area contributed by atoms with E-state index in [2.05, 4.69) is 25.6 Å². The average molecular weight is 613 g/mol. The van der Waals surface area contributed by atoms with Crippen molar-refractivity contribution in [3.05, 3.63) is 42.2 Å². The van der Waals surface area contributed by atoms with E-state index in [1.54, 1.807) is 4.90 Å². The first kappa shape index (κ1) is 29.1. The number of fused-ring (bicyclic) bond motifs is 4. The minimum atomic E-state index is -3.52. The Kier molecular flexibility index (Phi) is 7.57. The SMILES string of the molecule is CN1C(=O)C2(CCC2)c2c1cnc1ccc(-c3cnc(N4CCC(N5CCOCC5)CC4)c(NS(C)(=O)=O)c3)cc21.Cl. The summed E-state index contributed by atoms with van der Waals surface area (Å²) in [4.78, 5) is 29.2. The molecule has 1 saturated carbocycles. The summed E-state index contributed by atoms with van der Waals surface area (Å²) < 4.78 is 33.0. The second-order valence-corrected chi connectivity index (χ2v) is 13.6. The molecule has 1 aliphatic carbocycles. The molecule has 3 fully saturated rings. The molecule has 224 valence electrons. The first-order valence-corrected chi connectivity index (χ1v) is 16.4. The van der Waals surface area contributed by atoms with Gasteiger partial charge in [0.1, 0.15) is 0 Å². The zero-order chi connectivity index (χ0) is 28.4. The molecule has 2 saturated heterocycles. The topological polar surface area (TPSA) is 108 Å². The van der Waals surface area contributed by atoms with Crippen LogP contribution in [0.1, 0.15) is 37.7 Å². The van der Waals surface area contributed by atoms with Gasteiger partial charge in [0.15, 0.2) is 5.82 Å². The minimum Gasteiger partial charge on any atom is -0.379 e. The number of halogens is 1. The van der Waals surface area contributed by atoms with Gasteiger partial charge in [0, 0.05) is 62.0 Å². The van der Waals surface area contributed by atoms with E-state index in [0.29, 0.717) is 17.5 Å². The highest BCUT2D eigenvalue weighted by Gasteiger charge is 2.54. The smallest absolute Gasteiger partial charge is 0.237 e. The number of rotatable bonds is 5. The number of hydrogen-bond acceptors (Lipinski definition) is 8. The third-order valence-corrected chi connectivity index (χ3v) is 10.0. The number of carbonyl (C=O) groups is 1. The lowest BCUT2D eigenvalue weighted by molar-refractivity contribution is -0.125. The number of nitrogens with zero attached hydrogens (tertiary/aromatic N) is 5. The Balaban J connectivity index is 0.00000316. The number of sulfonamides is 1. The van der Waals surface area contributed by atoms with Crippen molar-refractivity contribution in [2.24, 2.45) is 0 Å². The van der Waals surface area contributed by atoms with Crippen molar-refractivity contribution >= 4 is 56.4 Å². The quantitative estimate of drug-likeness (QED) is 0.464. The standard InChI is InChI=1S/C30H36N6O4S.ClH/c1-34-26-19-31-24-5-4-20(16-23(24)27(26)30(29(34)37)8-3-9-30)21-17-25(33-41(2,38)39)28(32-18-21)36-10-6-22(7-11-36)35-12-14-40-15-13-35;/h4-5,16-19,22,33H,3,6-15H2,1-2H3;1H. The fourth-order valence-corrected chi connectivity index (χ4v) is 7.73. The normalized spacial score (nSPS) is 20.9. The molecule has 10 nitrogen and oxygen atoms in total. The number of benzene rings is 1. The predicted octanol–water partition coefficient (Wildman–Crippen LogP) is 3.79. The second-order valence-electron chi connectivity index (χ2n) is 11.9. The van der Waals surface area contributed by atoms with Crippen molar-refractivity contribution < 1.29 is 17.9 Å². The maximum atomic E-state index is 13.3. The summed E-state index contributed by atoms with van der Waals surface area (Å²) in [7, 11) is -1.69. The molecule has 4 aliphatic rings. The summed E-state index contributed by atoms with van der Waals surface area (Å²) in [5.41, 5.74) is 4.55. The summed E-state index contributed by atoms with van der Waals surface area (Å²) in [5, 5.41) is 0.976. The van der Waals surface area contributed by atoms with Gasteiger partial charge in [0.05, 0.1) is 48.0 Å². The molecule has 0 unspecified atom stereocenters. The number of nitrogens with one attached hydrogen (secondary N) is 1. The van der Waals surface area contributed by atoms with Crippen molar-refractivity contribution in [3.63, 3.8) is 0 Å². The highest BCUT2D eigenvalue weighted by atomic mass is 35.5. The predicted molar refractivity (Wildman–Crippen MR) is 167 cm³/mol. The summed E-state index contributed by atoms with van der Waals surface area (Å²) in [6, 6.07) is 8.45. The van der Waals surface area contributed by atoms with Crippen LogP contribution in [0.15, 0.2) is 36.7 Å². The number of aromatic nitrogens is 2. The number of pyridine rings is 2. The maximum absolute atomic E-state index is 13.3. The summed E-state index contributed by atoms with van der Waals surface area (Å²) in [6.07, 6.45) is 9.56. The van der Waals surface area contributed by atoms with Crippen molar-refractivity contribution in [2.45, 2.75) is 43.6 Å². The summed E-state index contributed by atoms with van der Waals surface area (Å²) in [6.45, 7) is 5.12. The number of amides is 1. The van der Waals surface area contributed by atoms with Gasteiger partial charge in [-0.05, 0) is 49.4 Å². The number of carbonyl (C=O) groups excluding carboxylic acids is 1. The van der Waals surface area contributed by atoms with Crippen LogP contribution in [0.4, 0.5) is 17.2 Å². The van der Waals surface area contributed by atoms with E-state index < -0.39 is 15.4 Å². The number of morpholine rings is 1. The van der Waals surface area contributed by atoms with E-state index in [1.165, 1.54) is 6.26 Å². The lowest BCUT2D eigenvalue weighted by Gasteiger charge is -2.40. The van der Waals surface area contributed by atoms with Gasteiger partial charge >= 0.3 is 0 Å². The maximum Gasteiger partial charge on any atom is 0.237 e. The highest BCUT2D eigenvalue weighted by Crippen LogP contribution is 2.55. The van der Waals surface area contributed by atoms with Crippen LogP contribution >= 0.6 is 12.4 Å². The van der Waals surface area contributed by atoms with Crippen LogP contribution in [0, 0.1) is 0 Å². The average Bonchev–Trinajstić information content (AvgIpc) is 3.19. The van der Waals surface area contributed by atoms with E-state index in [9.17, 15) is 13.2 Å². The number of likely N-dealkylation sites (N-methyl/N-ethyl adjacent to an activating group) is 1. The van der Waals surface area contributed by atoms with E-state index in [0.717, 1.165) is 105 Å². The van der Waals surface area contributed by atoms with Crippen molar-refractivity contribution in [2.75, 3.05) is 67.2 Å². The Morgan fingerprint density at radius 3 is 2.40 bits per heavy atom. The fourth-order valence-electron chi connectivity index (χ4n) is 7.18. The number of anilines is 3. The monoisotopic (exact) mass is 612 g/mol. The molecule has 0 bridgehead atoms. The fraction of sp³-hybridized carbons (Fsp3) is 0.500. The van der Waals surface area contributed by atoms with Gasteiger partial charge in [-0.1, -0.05) is 12.5 Å². The van der Waals surface area contributed by atoms with Gasteiger partial charge in [-0.3, -0.25) is 19.4 Å². The Bertz CT molecular complexity index is 1630. The Morgan fingerprint density at radius 2 is 1.74 bits per heavy atom. The third-order valence-electron chi connectivity index (χ3n) is 9.43. The Labute approximate surface area is 252 Å². The first-order chi connectivity index (χ1) is 19.7. The lowest BCUT2D eigenvalue weighted by atomic mass is 9.64. The zero-order valence-electron chi connectivity index (χ0n) is 24.0. The molecule has 12 heteroatoms. The van der Waals surface area contributed by atoms with E-state index in [1.807, 2.05) is 37.6 Å². The molecule has 1 N–H and O–H groups in total. The van der Waals surface area contributed by atoms with Crippen LogP contribution in [0.2, 0.25) is 0 Å². The van der Waals surface area contributed by atoms with E-state index >= 15 is 0 Å². The molecule has 5 heterocycles. The molecule has 2 aromatic heterocycles. The minimum absolute atomic E-state index is 0. The van der Waals surface area contributed by atoms with Gasteiger partial charge in [-0.25, -0.2) is 13.4 Å². The van der Waals surface area contributed by atoms with E-state index in [-0.39, 0.29) is 18.3 Å². The molecule has 1 amide bonds. The van der Waals surface area contributed by atoms with Gasteiger partial charge < -0.3 is 14.5 Å². The van der Waals surface area contributed by atoms with E-state index in [4.69, 9.17) is 9.72 Å². The molecule has 1 aromatic carbocycles. The van der Waals surface area contributed by atoms with Gasteiger partial charge in [-0.2, -0.15) is 0 Å². The molecule has 42 heavy (non-hydrogen) atoms. The third kappa shape index (κ3) is 4.90. The van der Waals surface area contributed by atoms with Crippen LogP contribution in [-0.4, -0.2) is 87.9 Å². The number of piperidine rings is 1. The largest absolute Gasteiger partial charge is 0.379 e. The molecular formula is C30H37ClN6O4S. The Hall–Kier alpha value is -2.99. The molecule has 3 aromatic rings. The molecule has 3 aliphatic heterocycles. The van der Waals surface area contributed by atoms with Gasteiger partial charge in [0.25, 0.3) is 0 Å². The lowest BCUT2D eigenvalue weighted by Crippen LogP contribution is -2.49. The molecule has 7 rings (SSSR count). The van der Waals surface area contributed by atoms with Crippen LogP contribution in [0.5, 0.6) is 0 Å². The molecule has 0 atom stereocenters. The Morgan fingerprint density at radius 1 is 1.00 bits per heavy atom. The van der Waals surface area contributed by atoms with Crippen LogP contribution < -0.4 is 14.5 Å². The molecule has 1 spiro atoms. The van der Waals surface area contributed by atoms with Crippen LogP contribution in [0.3, 0.4) is 0 Å². The number of ether oxygens (including phenoxy) is 1. The van der Waals surface area contributed by atoms with Crippen molar-refractivity contribution in [1.82, 2.24) is 14.9 Å². The highest BCUT2D eigenvalue weighted by molar-refractivity contribution is 7.92. The van der Waals surface area contributed by atoms with Crippen LogP contribution in [-0.2, 0) is 25.0 Å². The summed E-state index contributed by atoms with van der Waals surface area (Å²) >= 11 is 0. The molecule has 0 radical (unpaired) electrons. The second kappa shape index (κ2) is 10.9. The van der Waals surface area contributed by atoms with Crippen molar-refractivity contribution in [1.29, 1.82) is 0 Å². The van der Waals surface area contributed by atoms with Crippen LogP contribution in [0.25, 0.3) is 22.0 Å². The van der Waals surface area contributed by atoms with Crippen molar-refractivity contribution in [3.8, 4) is 11.1 Å². The van der Waals surface area contributed by atoms with Gasteiger partial charge in [-0.15, -0.1) is 12.4 Å². The first-order valence-electron chi connectivity index (χ1n) is 14.5. The number of hydrogen-bond donors (Lipinski definition) is 1. The van der Waals surface area contributed by atoms with Gasteiger partial charge in [0.2, 0.25) is 15.9 Å².